The topological polar surface area (TPSA) is 62.7 Å². The maximum absolute atomic E-state index is 13.3. The van der Waals surface area contributed by atoms with Crippen molar-refractivity contribution < 1.29 is 13.2 Å². The van der Waals surface area contributed by atoms with Gasteiger partial charge in [-0.05, 0) is 48.9 Å². The highest BCUT2D eigenvalue weighted by molar-refractivity contribution is 7.89. The SMILES string of the molecule is COc1ccc(N2CCN(S(=O)(=O)c3cccc4cc(C)cnc34)CC2)cc1. The minimum Gasteiger partial charge on any atom is -0.497 e. The fourth-order valence-electron chi connectivity index (χ4n) is 3.57. The summed E-state index contributed by atoms with van der Waals surface area (Å²) in [6, 6.07) is 15.1. The molecule has 0 atom stereocenters. The summed E-state index contributed by atoms with van der Waals surface area (Å²) in [7, 11) is -1.95. The highest BCUT2D eigenvalue weighted by atomic mass is 32.2. The number of benzene rings is 2. The first-order valence-corrected chi connectivity index (χ1v) is 10.7. The van der Waals surface area contributed by atoms with E-state index in [2.05, 4.69) is 9.88 Å². The van der Waals surface area contributed by atoms with Crippen LogP contribution in [0.4, 0.5) is 5.69 Å². The van der Waals surface area contributed by atoms with E-state index in [9.17, 15) is 8.42 Å². The number of methoxy groups -OCH3 is 1. The Hall–Kier alpha value is -2.64. The van der Waals surface area contributed by atoms with E-state index in [1.807, 2.05) is 43.3 Å². The van der Waals surface area contributed by atoms with E-state index < -0.39 is 10.0 Å². The van der Waals surface area contributed by atoms with E-state index in [0.717, 1.165) is 22.4 Å². The lowest BCUT2D eigenvalue weighted by Gasteiger charge is -2.35. The van der Waals surface area contributed by atoms with E-state index in [-0.39, 0.29) is 4.90 Å². The first kappa shape index (κ1) is 18.7. The minimum atomic E-state index is -3.59. The van der Waals surface area contributed by atoms with Crippen LogP contribution in [-0.2, 0) is 10.0 Å². The van der Waals surface area contributed by atoms with Crippen molar-refractivity contribution in [3.63, 3.8) is 0 Å². The number of aromatic nitrogens is 1. The molecule has 0 saturated carbocycles. The van der Waals surface area contributed by atoms with Gasteiger partial charge in [-0.3, -0.25) is 4.98 Å². The van der Waals surface area contributed by atoms with Gasteiger partial charge in [0.15, 0.2) is 0 Å². The van der Waals surface area contributed by atoms with Crippen LogP contribution in [-0.4, -0.2) is 51.0 Å². The number of ether oxygens (including phenoxy) is 1. The molecule has 0 radical (unpaired) electrons. The second kappa shape index (κ2) is 7.41. The zero-order valence-corrected chi connectivity index (χ0v) is 16.8. The van der Waals surface area contributed by atoms with Crippen LogP contribution in [0.3, 0.4) is 0 Å². The summed E-state index contributed by atoms with van der Waals surface area (Å²) >= 11 is 0. The van der Waals surface area contributed by atoms with Gasteiger partial charge in [0.25, 0.3) is 0 Å². The van der Waals surface area contributed by atoms with Crippen molar-refractivity contribution in [3.05, 3.63) is 60.3 Å². The van der Waals surface area contributed by atoms with Crippen molar-refractivity contribution in [2.75, 3.05) is 38.2 Å². The highest BCUT2D eigenvalue weighted by Crippen LogP contribution is 2.27. The third-order valence-electron chi connectivity index (χ3n) is 5.10. The van der Waals surface area contributed by atoms with Gasteiger partial charge in [0.05, 0.1) is 12.6 Å². The molecule has 0 unspecified atom stereocenters. The van der Waals surface area contributed by atoms with Crippen molar-refractivity contribution in [2.45, 2.75) is 11.8 Å². The average molecular weight is 398 g/mol. The largest absolute Gasteiger partial charge is 0.497 e. The lowest BCUT2D eigenvalue weighted by atomic mass is 10.2. The third-order valence-corrected chi connectivity index (χ3v) is 7.03. The van der Waals surface area contributed by atoms with E-state index in [0.29, 0.717) is 31.7 Å². The molecule has 7 heteroatoms. The fourth-order valence-corrected chi connectivity index (χ4v) is 5.16. The van der Waals surface area contributed by atoms with Gasteiger partial charge in [-0.1, -0.05) is 12.1 Å². The van der Waals surface area contributed by atoms with Crippen LogP contribution in [0.5, 0.6) is 5.75 Å². The first-order valence-electron chi connectivity index (χ1n) is 9.23. The number of fused-ring (bicyclic) bond motifs is 1. The van der Waals surface area contributed by atoms with Crippen molar-refractivity contribution in [1.82, 2.24) is 9.29 Å². The Labute approximate surface area is 165 Å². The quantitative estimate of drug-likeness (QED) is 0.677. The average Bonchev–Trinajstić information content (AvgIpc) is 2.73. The molecule has 1 saturated heterocycles. The zero-order chi connectivity index (χ0) is 19.7. The normalized spacial score (nSPS) is 15.7. The number of anilines is 1. The van der Waals surface area contributed by atoms with Crippen molar-refractivity contribution in [2.24, 2.45) is 0 Å². The first-order chi connectivity index (χ1) is 13.5. The van der Waals surface area contributed by atoms with Crippen LogP contribution in [0.25, 0.3) is 10.9 Å². The number of piperazine rings is 1. The van der Waals surface area contributed by atoms with E-state index in [4.69, 9.17) is 4.74 Å². The molecule has 1 fully saturated rings. The Bertz CT molecular complexity index is 1090. The number of aryl methyl sites for hydroxylation is 1. The molecule has 6 nitrogen and oxygen atoms in total. The molecule has 1 aliphatic heterocycles. The molecule has 0 bridgehead atoms. The van der Waals surface area contributed by atoms with Crippen LogP contribution < -0.4 is 9.64 Å². The number of pyridine rings is 1. The molecule has 28 heavy (non-hydrogen) atoms. The molecule has 3 aromatic rings. The molecule has 0 aliphatic carbocycles. The zero-order valence-electron chi connectivity index (χ0n) is 16.0. The number of para-hydroxylation sites is 1. The van der Waals surface area contributed by atoms with Crippen LogP contribution in [0.1, 0.15) is 5.56 Å². The maximum Gasteiger partial charge on any atom is 0.245 e. The molecule has 2 heterocycles. The molecule has 0 spiro atoms. The molecule has 0 amide bonds. The Morgan fingerprint density at radius 3 is 2.39 bits per heavy atom. The Kier molecular flexibility index (Phi) is 4.95. The van der Waals surface area contributed by atoms with Gasteiger partial charge >= 0.3 is 0 Å². The lowest BCUT2D eigenvalue weighted by Crippen LogP contribution is -2.48. The van der Waals surface area contributed by atoms with E-state index in [1.54, 1.807) is 29.7 Å². The molecule has 0 N–H and O–H groups in total. The third kappa shape index (κ3) is 3.43. The molecule has 4 rings (SSSR count). The molecule has 146 valence electrons. The maximum atomic E-state index is 13.3. The smallest absolute Gasteiger partial charge is 0.245 e. The number of sulfonamides is 1. The number of rotatable bonds is 4. The van der Waals surface area contributed by atoms with Crippen LogP contribution >= 0.6 is 0 Å². The van der Waals surface area contributed by atoms with Crippen molar-refractivity contribution in [3.8, 4) is 5.75 Å². The van der Waals surface area contributed by atoms with E-state index >= 15 is 0 Å². The molecular weight excluding hydrogens is 374 g/mol. The second-order valence-corrected chi connectivity index (χ2v) is 8.84. The monoisotopic (exact) mass is 397 g/mol. The Morgan fingerprint density at radius 2 is 1.71 bits per heavy atom. The van der Waals surface area contributed by atoms with Crippen molar-refractivity contribution in [1.29, 1.82) is 0 Å². The summed E-state index contributed by atoms with van der Waals surface area (Å²) in [6.07, 6.45) is 1.71. The lowest BCUT2D eigenvalue weighted by molar-refractivity contribution is 0.385. The predicted octanol–water partition coefficient (Wildman–Crippen LogP) is 3.06. The summed E-state index contributed by atoms with van der Waals surface area (Å²) in [6.45, 7) is 4.12. The second-order valence-electron chi connectivity index (χ2n) is 6.93. The van der Waals surface area contributed by atoms with Gasteiger partial charge in [0.2, 0.25) is 10.0 Å². The summed E-state index contributed by atoms with van der Waals surface area (Å²) < 4.78 is 33.3. The number of hydrogen-bond donors (Lipinski definition) is 0. The van der Waals surface area contributed by atoms with Gasteiger partial charge in [-0.2, -0.15) is 4.31 Å². The predicted molar refractivity (Wildman–Crippen MR) is 110 cm³/mol. The highest BCUT2D eigenvalue weighted by Gasteiger charge is 2.30. The molecule has 2 aromatic carbocycles. The number of nitrogens with zero attached hydrogens (tertiary/aromatic N) is 3. The van der Waals surface area contributed by atoms with Gasteiger partial charge in [0.1, 0.15) is 10.6 Å². The van der Waals surface area contributed by atoms with Gasteiger partial charge in [0, 0.05) is 43.4 Å². The standard InChI is InChI=1S/C21H23N3O3S/c1-16-14-17-4-3-5-20(21(17)22-15-16)28(25,26)24-12-10-23(11-13-24)18-6-8-19(27-2)9-7-18/h3-9,14-15H,10-13H2,1-2H3. The van der Waals surface area contributed by atoms with Gasteiger partial charge < -0.3 is 9.64 Å². The number of hydrogen-bond acceptors (Lipinski definition) is 5. The summed E-state index contributed by atoms with van der Waals surface area (Å²) in [5.41, 5.74) is 2.61. The summed E-state index contributed by atoms with van der Waals surface area (Å²) in [5, 5.41) is 0.845. The van der Waals surface area contributed by atoms with Crippen LogP contribution in [0, 0.1) is 6.92 Å². The Morgan fingerprint density at radius 1 is 1.00 bits per heavy atom. The van der Waals surface area contributed by atoms with Gasteiger partial charge in [-0.25, -0.2) is 8.42 Å². The molecular formula is C21H23N3O3S. The van der Waals surface area contributed by atoms with Crippen LogP contribution in [0.15, 0.2) is 59.6 Å². The Balaban J connectivity index is 1.55. The molecule has 1 aromatic heterocycles. The van der Waals surface area contributed by atoms with E-state index in [1.165, 1.54) is 0 Å². The van der Waals surface area contributed by atoms with Gasteiger partial charge in [-0.15, -0.1) is 0 Å². The summed E-state index contributed by atoms with van der Waals surface area (Å²) in [4.78, 5) is 6.86. The molecule has 1 aliphatic rings. The summed E-state index contributed by atoms with van der Waals surface area (Å²) in [5.74, 6) is 0.809. The fraction of sp³-hybridized carbons (Fsp3) is 0.286. The minimum absolute atomic E-state index is 0.280. The van der Waals surface area contributed by atoms with Crippen molar-refractivity contribution >= 4 is 26.6 Å². The van der Waals surface area contributed by atoms with Crippen LogP contribution in [0.2, 0.25) is 0 Å².